The first-order valence-electron chi connectivity index (χ1n) is 9.82. The van der Waals surface area contributed by atoms with Gasteiger partial charge in [-0.05, 0) is 11.1 Å². The molecule has 140 valence electrons. The van der Waals surface area contributed by atoms with Crippen LogP contribution in [-0.4, -0.2) is 35.0 Å². The highest BCUT2D eigenvalue weighted by Gasteiger charge is 2.51. The van der Waals surface area contributed by atoms with Gasteiger partial charge in [0, 0.05) is 50.3 Å². The van der Waals surface area contributed by atoms with Gasteiger partial charge in [-0.3, -0.25) is 9.80 Å². The zero-order chi connectivity index (χ0) is 19.3. The maximum atomic E-state index is 9.93. The predicted molar refractivity (Wildman–Crippen MR) is 109 cm³/mol. The summed E-state index contributed by atoms with van der Waals surface area (Å²) in [5.74, 6) is 0.227. The highest BCUT2D eigenvalue weighted by molar-refractivity contribution is 5.22. The van der Waals surface area contributed by atoms with E-state index in [0.717, 1.165) is 26.2 Å². The van der Waals surface area contributed by atoms with E-state index in [1.54, 1.807) is 0 Å². The molecule has 4 rings (SSSR count). The molecule has 0 radical (unpaired) electrons. The zero-order valence-electron chi connectivity index (χ0n) is 15.9. The summed E-state index contributed by atoms with van der Waals surface area (Å²) < 4.78 is 0. The van der Waals surface area contributed by atoms with Crippen LogP contribution in [0.15, 0.2) is 72.8 Å². The minimum atomic E-state index is -0.0842. The molecule has 2 saturated heterocycles. The van der Waals surface area contributed by atoms with Gasteiger partial charge in [0.05, 0.1) is 18.1 Å². The standard InChI is InChI=1S/C24H24N4/c25-13-7-12-23-21(14-26)22(17-27(23)15-19-8-3-1-4-9-19)24-18-28(24)16-20-10-5-2-6-11-20/h1-12,21-24H,15-18H2/b12-7-/t21-,22-,23-,24+,28?/m0/s1. The quantitative estimate of drug-likeness (QED) is 0.578. The summed E-state index contributed by atoms with van der Waals surface area (Å²) in [5.41, 5.74) is 2.56. The fraction of sp³-hybridized carbons (Fsp3) is 0.333. The largest absolute Gasteiger partial charge is 0.293 e. The number of benzene rings is 2. The SMILES string of the molecule is N#C/C=C\[C@H]1[C@@H](C#N)[C@@H]([C@H]2CN2Cc2ccccc2)CN1Cc1ccccc1. The van der Waals surface area contributed by atoms with E-state index in [1.807, 2.05) is 30.3 Å². The third kappa shape index (κ3) is 3.99. The normalized spacial score (nSPS) is 29.4. The van der Waals surface area contributed by atoms with Gasteiger partial charge < -0.3 is 0 Å². The number of rotatable bonds is 6. The fourth-order valence-electron chi connectivity index (χ4n) is 4.49. The summed E-state index contributed by atoms with van der Waals surface area (Å²) in [6.45, 7) is 3.69. The van der Waals surface area contributed by atoms with Gasteiger partial charge in [0.1, 0.15) is 0 Å². The van der Waals surface area contributed by atoms with Crippen molar-refractivity contribution < 1.29 is 0 Å². The number of nitriles is 2. The molecule has 28 heavy (non-hydrogen) atoms. The number of hydrogen-bond donors (Lipinski definition) is 0. The zero-order valence-corrected chi connectivity index (χ0v) is 15.9. The van der Waals surface area contributed by atoms with E-state index in [-0.39, 0.29) is 12.0 Å². The van der Waals surface area contributed by atoms with Crippen LogP contribution in [0.2, 0.25) is 0 Å². The fourth-order valence-corrected chi connectivity index (χ4v) is 4.49. The van der Waals surface area contributed by atoms with E-state index in [9.17, 15) is 5.26 Å². The summed E-state index contributed by atoms with van der Waals surface area (Å²) in [7, 11) is 0. The van der Waals surface area contributed by atoms with Crippen molar-refractivity contribution in [1.82, 2.24) is 9.80 Å². The summed E-state index contributed by atoms with van der Waals surface area (Å²) in [4.78, 5) is 4.82. The van der Waals surface area contributed by atoms with Crippen molar-refractivity contribution in [2.45, 2.75) is 25.2 Å². The van der Waals surface area contributed by atoms with Crippen molar-refractivity contribution in [2.24, 2.45) is 11.8 Å². The van der Waals surface area contributed by atoms with Crippen LogP contribution in [0.5, 0.6) is 0 Å². The van der Waals surface area contributed by atoms with Crippen LogP contribution in [0.4, 0.5) is 0 Å². The van der Waals surface area contributed by atoms with Gasteiger partial charge in [-0.15, -0.1) is 0 Å². The van der Waals surface area contributed by atoms with Crippen molar-refractivity contribution in [3.8, 4) is 12.1 Å². The first-order chi connectivity index (χ1) is 13.8. The molecule has 1 unspecified atom stereocenters. The summed E-state index contributed by atoms with van der Waals surface area (Å²) in [5, 5.41) is 18.9. The lowest BCUT2D eigenvalue weighted by molar-refractivity contribution is 0.266. The molecule has 0 bridgehead atoms. The van der Waals surface area contributed by atoms with E-state index in [4.69, 9.17) is 5.26 Å². The smallest absolute Gasteiger partial charge is 0.0909 e. The van der Waals surface area contributed by atoms with Crippen LogP contribution in [0.1, 0.15) is 11.1 Å². The van der Waals surface area contributed by atoms with E-state index in [0.29, 0.717) is 12.0 Å². The molecular weight excluding hydrogens is 344 g/mol. The lowest BCUT2D eigenvalue weighted by atomic mass is 9.89. The van der Waals surface area contributed by atoms with Gasteiger partial charge in [0.15, 0.2) is 0 Å². The first-order valence-corrected chi connectivity index (χ1v) is 9.82. The van der Waals surface area contributed by atoms with E-state index in [1.165, 1.54) is 17.2 Å². The van der Waals surface area contributed by atoms with Gasteiger partial charge in [-0.25, -0.2) is 0 Å². The van der Waals surface area contributed by atoms with Crippen molar-refractivity contribution in [1.29, 1.82) is 10.5 Å². The lowest BCUT2D eigenvalue weighted by Crippen LogP contribution is -2.30. The number of hydrogen-bond acceptors (Lipinski definition) is 4. The Hall–Kier alpha value is -2.92. The molecule has 0 spiro atoms. The molecule has 0 N–H and O–H groups in total. The number of likely N-dealkylation sites (tertiary alicyclic amines) is 1. The minimum Gasteiger partial charge on any atom is -0.293 e. The van der Waals surface area contributed by atoms with Crippen LogP contribution in [-0.2, 0) is 13.1 Å². The molecule has 4 nitrogen and oxygen atoms in total. The molecular formula is C24H24N4. The predicted octanol–water partition coefficient (Wildman–Crippen LogP) is 3.59. The monoisotopic (exact) mass is 368 g/mol. The Bertz CT molecular complexity index is 894. The minimum absolute atomic E-state index is 0.00553. The number of allylic oxidation sites excluding steroid dienone is 1. The molecule has 0 aromatic heterocycles. The van der Waals surface area contributed by atoms with E-state index >= 15 is 0 Å². The van der Waals surface area contributed by atoms with Crippen LogP contribution in [0.25, 0.3) is 0 Å². The van der Waals surface area contributed by atoms with Gasteiger partial charge >= 0.3 is 0 Å². The van der Waals surface area contributed by atoms with Gasteiger partial charge in [0.25, 0.3) is 0 Å². The average Bonchev–Trinajstić information content (AvgIpc) is 3.40. The Morgan fingerprint density at radius 2 is 1.46 bits per heavy atom. The maximum Gasteiger partial charge on any atom is 0.0909 e. The molecule has 0 amide bonds. The van der Waals surface area contributed by atoms with E-state index in [2.05, 4.69) is 58.3 Å². The second kappa shape index (κ2) is 8.40. The van der Waals surface area contributed by atoms with Crippen LogP contribution < -0.4 is 0 Å². The third-order valence-electron chi connectivity index (χ3n) is 5.92. The third-order valence-corrected chi connectivity index (χ3v) is 5.92. The van der Waals surface area contributed by atoms with Gasteiger partial charge in [-0.1, -0.05) is 66.7 Å². The van der Waals surface area contributed by atoms with Gasteiger partial charge in [0.2, 0.25) is 0 Å². The topological polar surface area (TPSA) is 53.8 Å². The Labute approximate surface area is 166 Å². The molecule has 5 atom stereocenters. The van der Waals surface area contributed by atoms with Crippen molar-refractivity contribution in [3.63, 3.8) is 0 Å². The molecule has 2 aromatic rings. The van der Waals surface area contributed by atoms with Crippen LogP contribution in [0.3, 0.4) is 0 Å². The average molecular weight is 368 g/mol. The number of nitrogens with zero attached hydrogens (tertiary/aromatic N) is 4. The molecule has 2 heterocycles. The summed E-state index contributed by atoms with van der Waals surface area (Å²) in [6, 6.07) is 26.0. The Morgan fingerprint density at radius 3 is 2.04 bits per heavy atom. The van der Waals surface area contributed by atoms with Crippen molar-refractivity contribution in [2.75, 3.05) is 13.1 Å². The molecule has 4 heteroatoms. The molecule has 2 aliphatic rings. The Morgan fingerprint density at radius 1 is 0.857 bits per heavy atom. The second-order valence-corrected chi connectivity index (χ2v) is 7.69. The van der Waals surface area contributed by atoms with E-state index < -0.39 is 0 Å². The lowest BCUT2D eigenvalue weighted by Gasteiger charge is -2.22. The van der Waals surface area contributed by atoms with Gasteiger partial charge in [-0.2, -0.15) is 10.5 Å². The second-order valence-electron chi connectivity index (χ2n) is 7.69. The molecule has 2 aliphatic heterocycles. The maximum absolute atomic E-state index is 9.93. The van der Waals surface area contributed by atoms with Crippen molar-refractivity contribution in [3.05, 3.63) is 83.9 Å². The Balaban J connectivity index is 1.49. The highest BCUT2D eigenvalue weighted by Crippen LogP contribution is 2.41. The van der Waals surface area contributed by atoms with Crippen molar-refractivity contribution >= 4 is 0 Å². The molecule has 2 aromatic carbocycles. The van der Waals surface area contributed by atoms with Crippen LogP contribution >= 0.6 is 0 Å². The highest BCUT2D eigenvalue weighted by atomic mass is 15.3. The van der Waals surface area contributed by atoms with Crippen LogP contribution in [0, 0.1) is 34.5 Å². The summed E-state index contributed by atoms with van der Waals surface area (Å²) in [6.07, 6.45) is 3.45. The molecule has 0 saturated carbocycles. The molecule has 2 fully saturated rings. The Kier molecular flexibility index (Phi) is 5.53. The molecule has 0 aliphatic carbocycles. The first kappa shape index (κ1) is 18.4. The summed E-state index contributed by atoms with van der Waals surface area (Å²) >= 11 is 0.